The molecular weight excluding hydrogens is 271 g/mol. The Hall–Kier alpha value is -3.02. The SMILES string of the molecule is O=C(Nc1ccc(-c2cnc[nH]2)cc1)c1cccc(F)n1. The number of H-pyrrole nitrogens is 1. The molecule has 2 heterocycles. The number of hydrogen-bond acceptors (Lipinski definition) is 3. The topological polar surface area (TPSA) is 70.7 Å². The van der Waals surface area contributed by atoms with Crippen molar-refractivity contribution in [3.05, 3.63) is 66.6 Å². The van der Waals surface area contributed by atoms with Gasteiger partial charge in [-0.25, -0.2) is 9.97 Å². The molecule has 0 bridgehead atoms. The smallest absolute Gasteiger partial charge is 0.274 e. The summed E-state index contributed by atoms with van der Waals surface area (Å²) >= 11 is 0. The van der Waals surface area contributed by atoms with Gasteiger partial charge in [0.05, 0.1) is 18.2 Å². The van der Waals surface area contributed by atoms with Gasteiger partial charge in [0.25, 0.3) is 5.91 Å². The summed E-state index contributed by atoms with van der Waals surface area (Å²) < 4.78 is 13.0. The van der Waals surface area contributed by atoms with Crippen molar-refractivity contribution < 1.29 is 9.18 Å². The predicted octanol–water partition coefficient (Wildman–Crippen LogP) is 2.86. The molecule has 5 nitrogen and oxygen atoms in total. The maximum absolute atomic E-state index is 13.0. The Bertz CT molecular complexity index is 754. The van der Waals surface area contributed by atoms with Crippen molar-refractivity contribution >= 4 is 11.6 Å². The van der Waals surface area contributed by atoms with Crippen LogP contribution in [0.25, 0.3) is 11.3 Å². The first-order chi connectivity index (χ1) is 10.2. The van der Waals surface area contributed by atoms with Crippen LogP contribution < -0.4 is 5.32 Å². The highest BCUT2D eigenvalue weighted by Gasteiger charge is 2.08. The van der Waals surface area contributed by atoms with Gasteiger partial charge in [-0.3, -0.25) is 4.79 Å². The summed E-state index contributed by atoms with van der Waals surface area (Å²) in [6.07, 6.45) is 3.31. The molecule has 0 fully saturated rings. The van der Waals surface area contributed by atoms with E-state index in [0.717, 1.165) is 11.3 Å². The molecule has 2 aromatic heterocycles. The second-order valence-corrected chi connectivity index (χ2v) is 4.34. The lowest BCUT2D eigenvalue weighted by atomic mass is 10.1. The molecule has 1 aromatic carbocycles. The molecule has 0 aliphatic heterocycles. The normalized spacial score (nSPS) is 10.3. The molecular formula is C15H11FN4O. The summed E-state index contributed by atoms with van der Waals surface area (Å²) in [4.78, 5) is 22.4. The zero-order valence-corrected chi connectivity index (χ0v) is 10.9. The fraction of sp³-hybridized carbons (Fsp3) is 0. The highest BCUT2D eigenvalue weighted by molar-refractivity contribution is 6.02. The van der Waals surface area contributed by atoms with Gasteiger partial charge >= 0.3 is 0 Å². The lowest BCUT2D eigenvalue weighted by Gasteiger charge is -2.05. The molecule has 0 saturated heterocycles. The third-order valence-corrected chi connectivity index (χ3v) is 2.90. The number of carbonyl (C=O) groups is 1. The Labute approximate surface area is 119 Å². The van der Waals surface area contributed by atoms with Crippen LogP contribution in [0.1, 0.15) is 10.5 Å². The first-order valence-electron chi connectivity index (χ1n) is 6.25. The van der Waals surface area contributed by atoms with Crippen LogP contribution in [-0.2, 0) is 0 Å². The summed E-state index contributed by atoms with van der Waals surface area (Å²) in [5.41, 5.74) is 2.48. The van der Waals surface area contributed by atoms with Crippen molar-refractivity contribution in [2.75, 3.05) is 5.32 Å². The van der Waals surface area contributed by atoms with Crippen LogP contribution in [-0.4, -0.2) is 20.9 Å². The largest absolute Gasteiger partial charge is 0.345 e. The second kappa shape index (κ2) is 5.54. The van der Waals surface area contributed by atoms with Gasteiger partial charge in [0.15, 0.2) is 0 Å². The van der Waals surface area contributed by atoms with E-state index in [-0.39, 0.29) is 5.69 Å². The molecule has 0 saturated carbocycles. The number of nitrogens with zero attached hydrogens (tertiary/aromatic N) is 2. The van der Waals surface area contributed by atoms with E-state index in [0.29, 0.717) is 5.69 Å². The molecule has 0 radical (unpaired) electrons. The average Bonchev–Trinajstić information content (AvgIpc) is 3.02. The van der Waals surface area contributed by atoms with Gasteiger partial charge in [-0.05, 0) is 29.8 Å². The van der Waals surface area contributed by atoms with Gasteiger partial charge in [-0.1, -0.05) is 18.2 Å². The number of anilines is 1. The van der Waals surface area contributed by atoms with Gasteiger partial charge in [-0.2, -0.15) is 4.39 Å². The number of pyridine rings is 1. The molecule has 0 spiro atoms. The first-order valence-corrected chi connectivity index (χ1v) is 6.25. The molecule has 2 N–H and O–H groups in total. The number of rotatable bonds is 3. The van der Waals surface area contributed by atoms with Crippen LogP contribution in [0.5, 0.6) is 0 Å². The number of hydrogen-bond donors (Lipinski definition) is 2. The van der Waals surface area contributed by atoms with E-state index >= 15 is 0 Å². The van der Waals surface area contributed by atoms with E-state index in [1.165, 1.54) is 18.2 Å². The number of aromatic amines is 1. The van der Waals surface area contributed by atoms with Gasteiger partial charge in [0.2, 0.25) is 5.95 Å². The van der Waals surface area contributed by atoms with E-state index in [4.69, 9.17) is 0 Å². The molecule has 0 atom stereocenters. The number of nitrogens with one attached hydrogen (secondary N) is 2. The highest BCUT2D eigenvalue weighted by atomic mass is 19.1. The summed E-state index contributed by atoms with van der Waals surface area (Å²) in [6.45, 7) is 0. The Balaban J connectivity index is 1.75. The fourth-order valence-corrected chi connectivity index (χ4v) is 1.88. The lowest BCUT2D eigenvalue weighted by molar-refractivity contribution is 0.102. The number of benzene rings is 1. The van der Waals surface area contributed by atoms with Crippen LogP contribution >= 0.6 is 0 Å². The van der Waals surface area contributed by atoms with Gasteiger partial charge < -0.3 is 10.3 Å². The molecule has 1 amide bonds. The Morgan fingerprint density at radius 2 is 1.95 bits per heavy atom. The number of halogens is 1. The third-order valence-electron chi connectivity index (χ3n) is 2.90. The van der Waals surface area contributed by atoms with Gasteiger partial charge in [0, 0.05) is 5.69 Å². The van der Waals surface area contributed by atoms with Crippen molar-refractivity contribution in [3.8, 4) is 11.3 Å². The molecule has 21 heavy (non-hydrogen) atoms. The Morgan fingerprint density at radius 1 is 1.14 bits per heavy atom. The monoisotopic (exact) mass is 282 g/mol. The van der Waals surface area contributed by atoms with Crippen molar-refractivity contribution in [1.29, 1.82) is 0 Å². The maximum Gasteiger partial charge on any atom is 0.274 e. The van der Waals surface area contributed by atoms with E-state index in [2.05, 4.69) is 20.3 Å². The minimum absolute atomic E-state index is 0.0349. The standard InChI is InChI=1S/C15H11FN4O/c16-14-3-1-2-12(20-14)15(21)19-11-6-4-10(5-7-11)13-8-17-9-18-13/h1-9H,(H,17,18)(H,19,21). The first kappa shape index (κ1) is 13.0. The minimum atomic E-state index is -0.683. The van der Waals surface area contributed by atoms with Crippen molar-refractivity contribution in [2.45, 2.75) is 0 Å². The zero-order chi connectivity index (χ0) is 14.7. The van der Waals surface area contributed by atoms with Crippen LogP contribution in [0.4, 0.5) is 10.1 Å². The van der Waals surface area contributed by atoms with E-state index in [1.54, 1.807) is 24.7 Å². The molecule has 3 aromatic rings. The van der Waals surface area contributed by atoms with E-state index in [1.807, 2.05) is 12.1 Å². The molecule has 3 rings (SSSR count). The molecule has 6 heteroatoms. The number of imidazole rings is 1. The van der Waals surface area contributed by atoms with E-state index < -0.39 is 11.9 Å². The van der Waals surface area contributed by atoms with Crippen LogP contribution in [0.3, 0.4) is 0 Å². The fourth-order valence-electron chi connectivity index (χ4n) is 1.88. The summed E-state index contributed by atoms with van der Waals surface area (Å²) in [5.74, 6) is -1.14. The van der Waals surface area contributed by atoms with Gasteiger partial charge in [0.1, 0.15) is 5.69 Å². The van der Waals surface area contributed by atoms with E-state index in [9.17, 15) is 9.18 Å². The molecule has 104 valence electrons. The predicted molar refractivity (Wildman–Crippen MR) is 76.2 cm³/mol. The quantitative estimate of drug-likeness (QED) is 0.726. The zero-order valence-electron chi connectivity index (χ0n) is 10.9. The maximum atomic E-state index is 13.0. The average molecular weight is 282 g/mol. The van der Waals surface area contributed by atoms with Crippen LogP contribution in [0.15, 0.2) is 55.0 Å². The van der Waals surface area contributed by atoms with Crippen LogP contribution in [0.2, 0.25) is 0 Å². The van der Waals surface area contributed by atoms with Crippen molar-refractivity contribution in [1.82, 2.24) is 15.0 Å². The molecule has 0 aliphatic carbocycles. The molecule has 0 aliphatic rings. The van der Waals surface area contributed by atoms with Gasteiger partial charge in [-0.15, -0.1) is 0 Å². The summed E-state index contributed by atoms with van der Waals surface area (Å²) in [6, 6.07) is 11.3. The summed E-state index contributed by atoms with van der Waals surface area (Å²) in [7, 11) is 0. The lowest BCUT2D eigenvalue weighted by Crippen LogP contribution is -2.14. The van der Waals surface area contributed by atoms with Crippen molar-refractivity contribution in [3.63, 3.8) is 0 Å². The van der Waals surface area contributed by atoms with Crippen molar-refractivity contribution in [2.24, 2.45) is 0 Å². The third kappa shape index (κ3) is 2.94. The Morgan fingerprint density at radius 3 is 2.62 bits per heavy atom. The number of aromatic nitrogens is 3. The molecule has 0 unspecified atom stereocenters. The highest BCUT2D eigenvalue weighted by Crippen LogP contribution is 2.19. The number of carbonyl (C=O) groups excluding carboxylic acids is 1. The summed E-state index contributed by atoms with van der Waals surface area (Å²) in [5, 5.41) is 2.66. The number of amides is 1. The Kier molecular flexibility index (Phi) is 3.42. The second-order valence-electron chi connectivity index (χ2n) is 4.34. The van der Waals surface area contributed by atoms with Crippen LogP contribution in [0, 0.1) is 5.95 Å². The minimum Gasteiger partial charge on any atom is -0.345 e.